The van der Waals surface area contributed by atoms with Gasteiger partial charge in [-0.3, -0.25) is 4.79 Å². The molecule has 2 rings (SSSR count). The van der Waals surface area contributed by atoms with Gasteiger partial charge in [-0.25, -0.2) is 0 Å². The van der Waals surface area contributed by atoms with Crippen molar-refractivity contribution in [3.8, 4) is 0 Å². The van der Waals surface area contributed by atoms with Crippen molar-refractivity contribution in [1.82, 2.24) is 10.2 Å². The maximum absolute atomic E-state index is 12.3. The fourth-order valence-corrected chi connectivity index (χ4v) is 3.10. The number of nitrogens with zero attached hydrogens (tertiary/aromatic N) is 1. The molecule has 2 atom stereocenters. The molecule has 18 heavy (non-hydrogen) atoms. The van der Waals surface area contributed by atoms with E-state index in [0.717, 1.165) is 26.1 Å². The van der Waals surface area contributed by atoms with Crippen LogP contribution in [0.1, 0.15) is 33.6 Å². The van der Waals surface area contributed by atoms with Crippen LogP contribution in [0.5, 0.6) is 0 Å². The Balaban J connectivity index is 0.00000162. The van der Waals surface area contributed by atoms with Crippen LogP contribution in [0.4, 0.5) is 0 Å². The third-order valence-electron chi connectivity index (χ3n) is 3.79. The van der Waals surface area contributed by atoms with Gasteiger partial charge in [-0.15, -0.1) is 12.4 Å². The molecule has 5 heteroatoms. The largest absolute Gasteiger partial charge is 0.378 e. The molecular weight excluding hydrogens is 252 g/mol. The molecular formula is C13H25ClN2O2. The molecule has 1 N–H and O–H groups in total. The van der Waals surface area contributed by atoms with Crippen molar-refractivity contribution < 1.29 is 9.53 Å². The lowest BCUT2D eigenvalue weighted by molar-refractivity contribution is -0.135. The molecule has 2 unspecified atom stereocenters. The standard InChI is InChI=1S/C13H24N2O2.ClH/c1-10-7-13(2,3)15(8-10)12(16)6-11-9-17-5-4-14-11;/h10-11,14H,4-9H2,1-3H3;1H. The minimum atomic E-state index is 0. The number of rotatable bonds is 2. The summed E-state index contributed by atoms with van der Waals surface area (Å²) in [4.78, 5) is 14.4. The van der Waals surface area contributed by atoms with Crippen LogP contribution >= 0.6 is 12.4 Å². The highest BCUT2D eigenvalue weighted by atomic mass is 35.5. The zero-order chi connectivity index (χ0) is 12.5. The predicted octanol–water partition coefficient (Wildman–Crippen LogP) is 1.43. The fraction of sp³-hybridized carbons (Fsp3) is 0.923. The van der Waals surface area contributed by atoms with Gasteiger partial charge in [-0.05, 0) is 26.2 Å². The van der Waals surface area contributed by atoms with E-state index in [2.05, 4.69) is 26.1 Å². The van der Waals surface area contributed by atoms with Gasteiger partial charge in [0.1, 0.15) is 0 Å². The van der Waals surface area contributed by atoms with E-state index in [1.807, 2.05) is 4.90 Å². The zero-order valence-corrected chi connectivity index (χ0v) is 12.4. The van der Waals surface area contributed by atoms with E-state index in [1.165, 1.54) is 0 Å². The van der Waals surface area contributed by atoms with Crippen LogP contribution in [-0.4, -0.2) is 48.7 Å². The first-order chi connectivity index (χ1) is 7.99. The van der Waals surface area contributed by atoms with E-state index in [-0.39, 0.29) is 29.9 Å². The Labute approximate surface area is 116 Å². The number of carbonyl (C=O) groups is 1. The number of amides is 1. The number of nitrogens with one attached hydrogen (secondary N) is 1. The van der Waals surface area contributed by atoms with Gasteiger partial charge in [0.2, 0.25) is 5.91 Å². The maximum atomic E-state index is 12.3. The van der Waals surface area contributed by atoms with Crippen LogP contribution < -0.4 is 5.32 Å². The average molecular weight is 277 g/mol. The molecule has 0 saturated carbocycles. The number of halogens is 1. The number of carbonyl (C=O) groups excluding carboxylic acids is 1. The van der Waals surface area contributed by atoms with Gasteiger partial charge in [0.15, 0.2) is 0 Å². The van der Waals surface area contributed by atoms with Crippen LogP contribution in [-0.2, 0) is 9.53 Å². The van der Waals surface area contributed by atoms with Crippen molar-refractivity contribution in [2.24, 2.45) is 5.92 Å². The second kappa shape index (κ2) is 6.22. The summed E-state index contributed by atoms with van der Waals surface area (Å²) in [6.07, 6.45) is 1.67. The Kier molecular flexibility index (Phi) is 5.44. The number of hydrogen-bond donors (Lipinski definition) is 1. The van der Waals surface area contributed by atoms with Crippen LogP contribution in [0.25, 0.3) is 0 Å². The van der Waals surface area contributed by atoms with Crippen molar-refractivity contribution in [3.05, 3.63) is 0 Å². The molecule has 0 spiro atoms. The van der Waals surface area contributed by atoms with Gasteiger partial charge >= 0.3 is 0 Å². The Hall–Kier alpha value is -0.320. The molecule has 2 heterocycles. The molecule has 0 aromatic carbocycles. The van der Waals surface area contributed by atoms with E-state index in [1.54, 1.807) is 0 Å². The van der Waals surface area contributed by atoms with E-state index in [4.69, 9.17) is 4.74 Å². The summed E-state index contributed by atoms with van der Waals surface area (Å²) >= 11 is 0. The average Bonchev–Trinajstić information content (AvgIpc) is 2.53. The van der Waals surface area contributed by atoms with Crippen molar-refractivity contribution in [2.45, 2.75) is 45.2 Å². The zero-order valence-electron chi connectivity index (χ0n) is 11.6. The monoisotopic (exact) mass is 276 g/mol. The van der Waals surface area contributed by atoms with Gasteiger partial charge in [0.25, 0.3) is 0 Å². The molecule has 0 bridgehead atoms. The number of morpholine rings is 1. The summed E-state index contributed by atoms with van der Waals surface area (Å²) in [5.41, 5.74) is 0.0199. The Morgan fingerprint density at radius 2 is 2.22 bits per heavy atom. The Morgan fingerprint density at radius 1 is 1.50 bits per heavy atom. The van der Waals surface area contributed by atoms with Crippen molar-refractivity contribution in [1.29, 1.82) is 0 Å². The number of likely N-dealkylation sites (tertiary alicyclic amines) is 1. The molecule has 0 radical (unpaired) electrons. The molecule has 2 aliphatic rings. The topological polar surface area (TPSA) is 41.6 Å². The summed E-state index contributed by atoms with van der Waals surface area (Å²) in [5, 5.41) is 3.34. The highest BCUT2D eigenvalue weighted by Crippen LogP contribution is 2.32. The molecule has 4 nitrogen and oxygen atoms in total. The quantitative estimate of drug-likeness (QED) is 0.830. The van der Waals surface area contributed by atoms with Gasteiger partial charge in [-0.1, -0.05) is 6.92 Å². The summed E-state index contributed by atoms with van der Waals surface area (Å²) in [6.45, 7) is 9.74. The van der Waals surface area contributed by atoms with E-state index in [0.29, 0.717) is 18.9 Å². The summed E-state index contributed by atoms with van der Waals surface area (Å²) in [5.74, 6) is 0.881. The highest BCUT2D eigenvalue weighted by molar-refractivity contribution is 5.85. The second-order valence-corrected chi connectivity index (χ2v) is 6.06. The Morgan fingerprint density at radius 3 is 2.72 bits per heavy atom. The molecule has 1 amide bonds. The second-order valence-electron chi connectivity index (χ2n) is 6.06. The lowest BCUT2D eigenvalue weighted by Crippen LogP contribution is -2.48. The lowest BCUT2D eigenvalue weighted by Gasteiger charge is -2.33. The lowest BCUT2D eigenvalue weighted by atomic mass is 9.97. The molecule has 0 aromatic rings. The van der Waals surface area contributed by atoms with Crippen LogP contribution in [0.2, 0.25) is 0 Å². The minimum absolute atomic E-state index is 0. The SMILES string of the molecule is CC1CN(C(=O)CC2COCCN2)C(C)(C)C1.Cl. The van der Waals surface area contributed by atoms with E-state index >= 15 is 0 Å². The van der Waals surface area contributed by atoms with Gasteiger partial charge in [0.05, 0.1) is 13.2 Å². The maximum Gasteiger partial charge on any atom is 0.224 e. The molecule has 2 saturated heterocycles. The fourth-order valence-electron chi connectivity index (χ4n) is 3.10. The molecule has 2 fully saturated rings. The molecule has 2 aliphatic heterocycles. The van der Waals surface area contributed by atoms with Gasteiger partial charge in [-0.2, -0.15) is 0 Å². The third kappa shape index (κ3) is 3.59. The van der Waals surface area contributed by atoms with Gasteiger partial charge < -0.3 is 15.0 Å². The summed E-state index contributed by atoms with van der Waals surface area (Å²) < 4.78 is 5.39. The van der Waals surface area contributed by atoms with Gasteiger partial charge in [0, 0.05) is 31.1 Å². The van der Waals surface area contributed by atoms with E-state index in [9.17, 15) is 4.79 Å². The number of ether oxygens (including phenoxy) is 1. The number of hydrogen-bond acceptors (Lipinski definition) is 3. The molecule has 0 aliphatic carbocycles. The van der Waals surface area contributed by atoms with Crippen molar-refractivity contribution in [3.63, 3.8) is 0 Å². The minimum Gasteiger partial charge on any atom is -0.378 e. The first kappa shape index (κ1) is 15.7. The molecule has 0 aromatic heterocycles. The van der Waals surface area contributed by atoms with Crippen molar-refractivity contribution >= 4 is 18.3 Å². The Bertz CT molecular complexity index is 291. The summed E-state index contributed by atoms with van der Waals surface area (Å²) in [6, 6.07) is 0.197. The third-order valence-corrected chi connectivity index (χ3v) is 3.79. The normalized spacial score (nSPS) is 30.9. The van der Waals surface area contributed by atoms with E-state index < -0.39 is 0 Å². The van der Waals surface area contributed by atoms with Crippen LogP contribution in [0.15, 0.2) is 0 Å². The van der Waals surface area contributed by atoms with Crippen molar-refractivity contribution in [2.75, 3.05) is 26.3 Å². The predicted molar refractivity (Wildman–Crippen MR) is 74.0 cm³/mol. The first-order valence-corrected chi connectivity index (χ1v) is 6.60. The van der Waals surface area contributed by atoms with Crippen LogP contribution in [0.3, 0.4) is 0 Å². The highest BCUT2D eigenvalue weighted by Gasteiger charge is 2.39. The van der Waals surface area contributed by atoms with Crippen LogP contribution in [0, 0.1) is 5.92 Å². The summed E-state index contributed by atoms with van der Waals surface area (Å²) in [7, 11) is 0. The molecule has 106 valence electrons. The smallest absolute Gasteiger partial charge is 0.224 e. The first-order valence-electron chi connectivity index (χ1n) is 6.60.